The van der Waals surface area contributed by atoms with Crippen LogP contribution in [-0.4, -0.2) is 51.4 Å². The Morgan fingerprint density at radius 1 is 1.14 bits per heavy atom. The van der Waals surface area contributed by atoms with Crippen LogP contribution in [0.4, 0.5) is 0 Å². The van der Waals surface area contributed by atoms with Gasteiger partial charge in [0.2, 0.25) is 0 Å². The van der Waals surface area contributed by atoms with Gasteiger partial charge in [0.15, 0.2) is 0 Å². The number of aromatic nitrogens is 2. The van der Waals surface area contributed by atoms with E-state index >= 15 is 0 Å². The molecule has 0 N–H and O–H groups in total. The number of nitrogens with zero attached hydrogens (tertiary/aromatic N) is 4. The zero-order valence-electron chi connectivity index (χ0n) is 16.2. The molecular weight excluding hydrogens is 372 g/mol. The molecule has 146 valence electrons. The third kappa shape index (κ3) is 3.59. The number of carbonyl (C=O) groups excluding carboxylic acids is 1. The third-order valence-corrected chi connectivity index (χ3v) is 6.52. The standard InChI is InChI=1S/C21H24N4O2S/c1-15-17-19(22-14-23(2)20(17)26)28-18(15)21(27)25-10-6-9-24(11-12-25)13-16-7-4-3-5-8-16/h3-5,7-8,14H,6,9-13H2,1-2H3. The summed E-state index contributed by atoms with van der Waals surface area (Å²) >= 11 is 1.33. The van der Waals surface area contributed by atoms with Gasteiger partial charge in [-0.15, -0.1) is 11.3 Å². The average molecular weight is 397 g/mol. The molecule has 0 aliphatic carbocycles. The van der Waals surface area contributed by atoms with Gasteiger partial charge in [0, 0.05) is 39.8 Å². The second kappa shape index (κ2) is 7.85. The van der Waals surface area contributed by atoms with Gasteiger partial charge in [0.1, 0.15) is 4.83 Å². The van der Waals surface area contributed by atoms with Gasteiger partial charge in [0.05, 0.1) is 16.6 Å². The summed E-state index contributed by atoms with van der Waals surface area (Å²) in [7, 11) is 1.68. The maximum atomic E-state index is 13.2. The quantitative estimate of drug-likeness (QED) is 0.683. The van der Waals surface area contributed by atoms with Crippen molar-refractivity contribution in [1.82, 2.24) is 19.4 Å². The largest absolute Gasteiger partial charge is 0.337 e. The number of aryl methyl sites for hydroxylation is 2. The van der Waals surface area contributed by atoms with Crippen molar-refractivity contribution in [2.24, 2.45) is 7.05 Å². The van der Waals surface area contributed by atoms with Gasteiger partial charge in [-0.25, -0.2) is 4.98 Å². The lowest BCUT2D eigenvalue weighted by Crippen LogP contribution is -2.35. The number of thiophene rings is 1. The Kier molecular flexibility index (Phi) is 5.28. The number of hydrogen-bond acceptors (Lipinski definition) is 5. The van der Waals surface area contributed by atoms with Crippen LogP contribution < -0.4 is 5.56 Å². The predicted molar refractivity (Wildman–Crippen MR) is 112 cm³/mol. The summed E-state index contributed by atoms with van der Waals surface area (Å²) in [6, 6.07) is 10.4. The first kappa shape index (κ1) is 18.8. The van der Waals surface area contributed by atoms with E-state index < -0.39 is 0 Å². The SMILES string of the molecule is Cc1c(C(=O)N2CCCN(Cc3ccccc3)CC2)sc2ncn(C)c(=O)c12. The summed E-state index contributed by atoms with van der Waals surface area (Å²) in [6.45, 7) is 6.03. The molecule has 1 aromatic carbocycles. The van der Waals surface area contributed by atoms with E-state index in [-0.39, 0.29) is 11.5 Å². The molecule has 1 fully saturated rings. The molecule has 0 radical (unpaired) electrons. The zero-order chi connectivity index (χ0) is 19.7. The number of carbonyl (C=O) groups is 1. The molecule has 0 bridgehead atoms. The average Bonchev–Trinajstić information content (AvgIpc) is 2.87. The van der Waals surface area contributed by atoms with Gasteiger partial charge in [-0.3, -0.25) is 14.5 Å². The lowest BCUT2D eigenvalue weighted by molar-refractivity contribution is 0.0765. The van der Waals surface area contributed by atoms with Crippen molar-refractivity contribution in [1.29, 1.82) is 0 Å². The van der Waals surface area contributed by atoms with Crippen LogP contribution in [0, 0.1) is 6.92 Å². The summed E-state index contributed by atoms with van der Waals surface area (Å²) < 4.78 is 1.46. The Labute approximate surface area is 168 Å². The van der Waals surface area contributed by atoms with Gasteiger partial charge < -0.3 is 9.47 Å². The molecule has 3 aromatic rings. The second-order valence-electron chi connectivity index (χ2n) is 7.30. The summed E-state index contributed by atoms with van der Waals surface area (Å²) in [5.74, 6) is 0.0177. The van der Waals surface area contributed by atoms with Gasteiger partial charge in [-0.05, 0) is 24.5 Å². The highest BCUT2D eigenvalue weighted by Gasteiger charge is 2.25. The highest BCUT2D eigenvalue weighted by Crippen LogP contribution is 2.28. The van der Waals surface area contributed by atoms with E-state index in [4.69, 9.17) is 0 Å². The molecule has 1 aliphatic heterocycles. The molecule has 7 heteroatoms. The van der Waals surface area contributed by atoms with E-state index in [0.29, 0.717) is 21.6 Å². The first-order valence-corrected chi connectivity index (χ1v) is 10.4. The number of amides is 1. The Hall–Kier alpha value is -2.51. The fraction of sp³-hybridized carbons (Fsp3) is 0.381. The molecule has 1 saturated heterocycles. The first-order valence-electron chi connectivity index (χ1n) is 9.55. The van der Waals surface area contributed by atoms with E-state index in [0.717, 1.165) is 38.2 Å². The molecule has 2 aromatic heterocycles. The van der Waals surface area contributed by atoms with Gasteiger partial charge in [-0.2, -0.15) is 0 Å². The maximum absolute atomic E-state index is 13.2. The van der Waals surface area contributed by atoms with Crippen molar-refractivity contribution >= 4 is 27.5 Å². The molecular formula is C21H24N4O2S. The van der Waals surface area contributed by atoms with Crippen molar-refractivity contribution in [3.8, 4) is 0 Å². The molecule has 0 atom stereocenters. The Bertz CT molecular complexity index is 1060. The van der Waals surface area contributed by atoms with Crippen molar-refractivity contribution in [2.75, 3.05) is 26.2 Å². The second-order valence-corrected chi connectivity index (χ2v) is 8.30. The minimum Gasteiger partial charge on any atom is -0.337 e. The van der Waals surface area contributed by atoms with Crippen LogP contribution in [0.1, 0.15) is 27.2 Å². The maximum Gasteiger partial charge on any atom is 0.264 e. The number of benzene rings is 1. The smallest absolute Gasteiger partial charge is 0.264 e. The highest BCUT2D eigenvalue weighted by molar-refractivity contribution is 7.20. The molecule has 1 amide bonds. The van der Waals surface area contributed by atoms with Crippen molar-refractivity contribution < 1.29 is 4.79 Å². The predicted octanol–water partition coefficient (Wildman–Crippen LogP) is 2.65. The monoisotopic (exact) mass is 396 g/mol. The molecule has 0 spiro atoms. The van der Waals surface area contributed by atoms with Crippen LogP contribution in [0.2, 0.25) is 0 Å². The van der Waals surface area contributed by atoms with Crippen molar-refractivity contribution in [3.63, 3.8) is 0 Å². The van der Waals surface area contributed by atoms with Crippen molar-refractivity contribution in [3.05, 3.63) is 63.0 Å². The van der Waals surface area contributed by atoms with E-state index in [2.05, 4.69) is 34.1 Å². The van der Waals surface area contributed by atoms with Gasteiger partial charge in [0.25, 0.3) is 11.5 Å². The zero-order valence-corrected chi connectivity index (χ0v) is 17.0. The van der Waals surface area contributed by atoms with Crippen LogP contribution in [0.25, 0.3) is 10.2 Å². The fourth-order valence-electron chi connectivity index (χ4n) is 3.73. The van der Waals surface area contributed by atoms with Crippen LogP contribution >= 0.6 is 11.3 Å². The molecule has 1 aliphatic rings. The lowest BCUT2D eigenvalue weighted by Gasteiger charge is -2.22. The summed E-state index contributed by atoms with van der Waals surface area (Å²) in [5.41, 5.74) is 1.95. The van der Waals surface area contributed by atoms with Crippen LogP contribution in [-0.2, 0) is 13.6 Å². The number of fused-ring (bicyclic) bond motifs is 1. The summed E-state index contributed by atoms with van der Waals surface area (Å²) in [6.07, 6.45) is 2.46. The molecule has 3 heterocycles. The molecule has 6 nitrogen and oxygen atoms in total. The topological polar surface area (TPSA) is 58.4 Å². The van der Waals surface area contributed by atoms with Crippen LogP contribution in [0.5, 0.6) is 0 Å². The van der Waals surface area contributed by atoms with Crippen LogP contribution in [0.3, 0.4) is 0 Å². The Morgan fingerprint density at radius 2 is 1.93 bits per heavy atom. The Morgan fingerprint density at radius 3 is 2.71 bits per heavy atom. The summed E-state index contributed by atoms with van der Waals surface area (Å²) in [4.78, 5) is 35.6. The van der Waals surface area contributed by atoms with E-state index in [9.17, 15) is 9.59 Å². The minimum atomic E-state index is -0.0947. The van der Waals surface area contributed by atoms with Crippen LogP contribution in [0.15, 0.2) is 41.5 Å². The van der Waals surface area contributed by atoms with E-state index in [1.807, 2.05) is 17.9 Å². The third-order valence-electron chi connectivity index (χ3n) is 5.33. The molecule has 28 heavy (non-hydrogen) atoms. The van der Waals surface area contributed by atoms with Gasteiger partial charge in [-0.1, -0.05) is 30.3 Å². The number of hydrogen-bond donors (Lipinski definition) is 0. The normalized spacial score (nSPS) is 15.7. The molecule has 0 saturated carbocycles. The fourth-order valence-corrected chi connectivity index (χ4v) is 4.84. The minimum absolute atomic E-state index is 0.0177. The van der Waals surface area contributed by atoms with Gasteiger partial charge >= 0.3 is 0 Å². The highest BCUT2D eigenvalue weighted by atomic mass is 32.1. The molecule has 0 unspecified atom stereocenters. The van der Waals surface area contributed by atoms with E-state index in [1.165, 1.54) is 27.8 Å². The van der Waals surface area contributed by atoms with E-state index in [1.54, 1.807) is 7.05 Å². The van der Waals surface area contributed by atoms with Crippen molar-refractivity contribution in [2.45, 2.75) is 19.9 Å². The Balaban J connectivity index is 1.51. The first-order chi connectivity index (χ1) is 13.5. The summed E-state index contributed by atoms with van der Waals surface area (Å²) in [5, 5.41) is 0.568. The lowest BCUT2D eigenvalue weighted by atomic mass is 10.2. The number of rotatable bonds is 3. The molecule has 4 rings (SSSR count).